The molecular weight excluding hydrogens is 440 g/mol. The second-order valence-electron chi connectivity index (χ2n) is 10.4. The van der Waals surface area contributed by atoms with Gasteiger partial charge in [-0.15, -0.1) is 0 Å². The number of piperidine rings is 1. The first-order valence-electron chi connectivity index (χ1n) is 12.8. The van der Waals surface area contributed by atoms with E-state index in [1.165, 1.54) is 31.1 Å². The number of likely N-dealkylation sites (tertiary alicyclic amines) is 1. The second-order valence-corrected chi connectivity index (χ2v) is 10.4. The predicted octanol–water partition coefficient (Wildman–Crippen LogP) is 3.90. The smallest absolute Gasteiger partial charge is 0.337 e. The molecule has 1 heterocycles. The summed E-state index contributed by atoms with van der Waals surface area (Å²) in [7, 11) is 3.10. The molecule has 0 unspecified atom stereocenters. The van der Waals surface area contributed by atoms with Gasteiger partial charge >= 0.3 is 5.97 Å². The number of carbonyl (C=O) groups excluding carboxylic acids is 2. The van der Waals surface area contributed by atoms with Crippen LogP contribution in [0, 0.1) is 5.92 Å². The Morgan fingerprint density at radius 3 is 2.57 bits per heavy atom. The fraction of sp³-hybridized carbons (Fsp3) is 0.517. The van der Waals surface area contributed by atoms with E-state index in [2.05, 4.69) is 35.3 Å². The first kappa shape index (κ1) is 23.9. The average molecular weight is 477 g/mol. The van der Waals surface area contributed by atoms with Crippen LogP contribution in [0.25, 0.3) is 0 Å². The Morgan fingerprint density at radius 2 is 1.89 bits per heavy atom. The highest BCUT2D eigenvalue weighted by Gasteiger charge is 2.53. The maximum atomic E-state index is 12.7. The zero-order valence-corrected chi connectivity index (χ0v) is 21.0. The molecule has 3 aliphatic rings. The zero-order valence-electron chi connectivity index (χ0n) is 21.0. The van der Waals surface area contributed by atoms with Crippen molar-refractivity contribution < 1.29 is 19.1 Å². The number of ether oxygens (including phenoxy) is 2. The van der Waals surface area contributed by atoms with Crippen LogP contribution < -0.4 is 10.1 Å². The van der Waals surface area contributed by atoms with Gasteiger partial charge in [-0.2, -0.15) is 0 Å². The third kappa shape index (κ3) is 4.56. The molecule has 1 N–H and O–H groups in total. The molecule has 2 aliphatic carbocycles. The van der Waals surface area contributed by atoms with Gasteiger partial charge in [-0.05, 0) is 85.5 Å². The van der Waals surface area contributed by atoms with Crippen molar-refractivity contribution in [2.45, 2.75) is 62.9 Å². The Kier molecular flexibility index (Phi) is 6.58. The topological polar surface area (TPSA) is 67.9 Å². The molecule has 3 atom stereocenters. The summed E-state index contributed by atoms with van der Waals surface area (Å²) in [5, 5.41) is 3.18. The molecule has 0 aromatic heterocycles. The van der Waals surface area contributed by atoms with Crippen molar-refractivity contribution in [3.8, 4) is 5.75 Å². The first-order valence-corrected chi connectivity index (χ1v) is 12.8. The van der Waals surface area contributed by atoms with Crippen molar-refractivity contribution >= 4 is 11.9 Å². The quantitative estimate of drug-likeness (QED) is 0.586. The number of esters is 1. The number of fused-ring (bicyclic) bond motifs is 4. The van der Waals surface area contributed by atoms with Crippen molar-refractivity contribution in [2.24, 2.45) is 5.92 Å². The number of nitrogens with zero attached hydrogens (tertiary/aromatic N) is 1. The first-order chi connectivity index (χ1) is 16.9. The minimum Gasteiger partial charge on any atom is -0.497 e. The van der Waals surface area contributed by atoms with E-state index in [4.69, 9.17) is 9.47 Å². The van der Waals surface area contributed by atoms with E-state index >= 15 is 0 Å². The van der Waals surface area contributed by atoms with E-state index in [0.717, 1.165) is 43.2 Å². The van der Waals surface area contributed by atoms with Gasteiger partial charge in [0.2, 0.25) is 5.91 Å². The zero-order chi connectivity index (χ0) is 24.6. The number of hydrogen-bond donors (Lipinski definition) is 1. The fourth-order valence-corrected chi connectivity index (χ4v) is 6.50. The molecule has 2 bridgehead atoms. The lowest BCUT2D eigenvalue weighted by Gasteiger charge is -2.56. The second kappa shape index (κ2) is 9.65. The van der Waals surface area contributed by atoms with Crippen LogP contribution in [0.2, 0.25) is 0 Å². The molecule has 6 nitrogen and oxygen atoms in total. The molecule has 2 aromatic carbocycles. The Balaban J connectivity index is 1.28. The van der Waals surface area contributed by atoms with Crippen molar-refractivity contribution in [1.82, 2.24) is 10.2 Å². The minimum absolute atomic E-state index is 0.00788. The predicted molar refractivity (Wildman–Crippen MR) is 135 cm³/mol. The maximum absolute atomic E-state index is 12.7. The number of methoxy groups -OCH3 is 2. The Labute approximate surface area is 208 Å². The largest absolute Gasteiger partial charge is 0.497 e. The summed E-state index contributed by atoms with van der Waals surface area (Å²) in [6.45, 7) is 4.21. The van der Waals surface area contributed by atoms with Crippen molar-refractivity contribution in [1.29, 1.82) is 0 Å². The molecule has 2 aromatic rings. The Bertz CT molecular complexity index is 1090. The van der Waals surface area contributed by atoms with Gasteiger partial charge in [-0.25, -0.2) is 4.79 Å². The van der Waals surface area contributed by atoms with Crippen molar-refractivity contribution in [2.75, 3.05) is 27.3 Å². The molecule has 0 spiro atoms. The summed E-state index contributed by atoms with van der Waals surface area (Å²) < 4.78 is 10.3. The van der Waals surface area contributed by atoms with Crippen LogP contribution in [0.1, 0.15) is 59.7 Å². The van der Waals surface area contributed by atoms with E-state index in [1.807, 2.05) is 12.1 Å². The van der Waals surface area contributed by atoms with E-state index < -0.39 is 0 Å². The minimum atomic E-state index is -0.371. The monoisotopic (exact) mass is 476 g/mol. The van der Waals surface area contributed by atoms with Crippen LogP contribution >= 0.6 is 0 Å². The van der Waals surface area contributed by atoms with E-state index in [9.17, 15) is 9.59 Å². The molecule has 6 heteroatoms. The van der Waals surface area contributed by atoms with Crippen molar-refractivity contribution in [3.63, 3.8) is 0 Å². The van der Waals surface area contributed by atoms with E-state index in [0.29, 0.717) is 30.5 Å². The normalized spacial score (nSPS) is 25.5. The van der Waals surface area contributed by atoms with Crippen LogP contribution in [-0.2, 0) is 27.8 Å². The standard InChI is InChI=1S/C29H36N2O4/c1-19-26-17-22-8-11-24(34-2)18-25(22)29(19,13-15-31(26)23-9-10-23)12-14-30-27(32)16-20-4-6-21(7-5-20)28(33)35-3/h4-8,11,18-19,23,26H,9-10,12-17H2,1-3H3,(H,30,32)/t19-,26+,29-/m0/s1. The number of amides is 1. The molecule has 35 heavy (non-hydrogen) atoms. The van der Waals surface area contributed by atoms with Crippen molar-refractivity contribution in [3.05, 3.63) is 64.7 Å². The average Bonchev–Trinajstić information content (AvgIpc) is 3.71. The Hall–Kier alpha value is -2.86. The molecule has 2 fully saturated rings. The molecule has 0 radical (unpaired) electrons. The molecule has 1 amide bonds. The summed E-state index contributed by atoms with van der Waals surface area (Å²) in [5.74, 6) is 1.08. The molecular formula is C29H36N2O4. The van der Waals surface area contributed by atoms with Gasteiger partial charge in [-0.1, -0.05) is 25.1 Å². The summed E-state index contributed by atoms with van der Waals surface area (Å²) in [6, 6.07) is 15.0. The molecule has 1 saturated carbocycles. The number of rotatable bonds is 8. The van der Waals surface area contributed by atoms with Crippen LogP contribution in [0.15, 0.2) is 42.5 Å². The van der Waals surface area contributed by atoms with E-state index in [1.54, 1.807) is 19.2 Å². The lowest BCUT2D eigenvalue weighted by molar-refractivity contribution is -0.120. The Morgan fingerprint density at radius 1 is 1.11 bits per heavy atom. The summed E-state index contributed by atoms with van der Waals surface area (Å²) >= 11 is 0. The van der Waals surface area contributed by atoms with Crippen LogP contribution in [-0.4, -0.2) is 56.2 Å². The summed E-state index contributed by atoms with van der Waals surface area (Å²) in [6.07, 6.45) is 6.12. The third-order valence-corrected chi connectivity index (χ3v) is 8.62. The number of carbonyl (C=O) groups is 2. The number of benzene rings is 2. The van der Waals surface area contributed by atoms with Gasteiger partial charge < -0.3 is 14.8 Å². The number of hydrogen-bond acceptors (Lipinski definition) is 5. The maximum Gasteiger partial charge on any atom is 0.337 e. The van der Waals surface area contributed by atoms with Gasteiger partial charge in [0.1, 0.15) is 5.75 Å². The molecule has 186 valence electrons. The van der Waals surface area contributed by atoms with Gasteiger partial charge in [0.05, 0.1) is 26.2 Å². The summed E-state index contributed by atoms with van der Waals surface area (Å²) in [4.78, 5) is 27.1. The molecule has 1 saturated heterocycles. The highest BCUT2D eigenvalue weighted by Crippen LogP contribution is 2.53. The van der Waals surface area contributed by atoms with E-state index in [-0.39, 0.29) is 17.3 Å². The van der Waals surface area contributed by atoms with Gasteiger partial charge in [-0.3, -0.25) is 9.69 Å². The van der Waals surface area contributed by atoms with Gasteiger partial charge in [0.25, 0.3) is 0 Å². The fourth-order valence-electron chi connectivity index (χ4n) is 6.50. The lowest BCUT2D eigenvalue weighted by atomic mass is 9.56. The highest BCUT2D eigenvalue weighted by molar-refractivity contribution is 5.89. The van der Waals surface area contributed by atoms with Gasteiger partial charge in [0, 0.05) is 24.0 Å². The molecule has 1 aliphatic heterocycles. The van der Waals surface area contributed by atoms with Crippen LogP contribution in [0.4, 0.5) is 0 Å². The highest BCUT2D eigenvalue weighted by atomic mass is 16.5. The molecule has 5 rings (SSSR count). The summed E-state index contributed by atoms with van der Waals surface area (Å²) in [5.41, 5.74) is 4.28. The van der Waals surface area contributed by atoms with Gasteiger partial charge in [0.15, 0.2) is 0 Å². The lowest BCUT2D eigenvalue weighted by Crippen LogP contribution is -2.60. The third-order valence-electron chi connectivity index (χ3n) is 8.62. The van der Waals surface area contributed by atoms with Crippen LogP contribution in [0.5, 0.6) is 5.75 Å². The number of nitrogens with one attached hydrogen (secondary N) is 1. The SMILES string of the molecule is COC(=O)c1ccc(CC(=O)NCC[C@@]23CCN(C4CC4)[C@H](Cc4ccc(OC)cc42)[C@@H]3C)cc1. The van der Waals surface area contributed by atoms with Crippen LogP contribution in [0.3, 0.4) is 0 Å².